The van der Waals surface area contributed by atoms with Crippen molar-refractivity contribution in [2.45, 2.75) is 30.7 Å². The summed E-state index contributed by atoms with van der Waals surface area (Å²) in [6, 6.07) is 11.7. The number of aliphatic hydroxyl groups is 1. The van der Waals surface area contributed by atoms with Crippen molar-refractivity contribution in [3.63, 3.8) is 0 Å². The molecule has 0 unspecified atom stereocenters. The van der Waals surface area contributed by atoms with Gasteiger partial charge in [0, 0.05) is 12.2 Å². The summed E-state index contributed by atoms with van der Waals surface area (Å²) in [6.07, 6.45) is 0.153. The first-order chi connectivity index (χ1) is 12.0. The van der Waals surface area contributed by atoms with Gasteiger partial charge in [-0.3, -0.25) is 4.79 Å². The highest BCUT2D eigenvalue weighted by atomic mass is 32.2. The van der Waals surface area contributed by atoms with Crippen LogP contribution in [0, 0.1) is 13.8 Å². The molecule has 0 aliphatic heterocycles. The molecule has 2 aromatic heterocycles. The van der Waals surface area contributed by atoms with Crippen molar-refractivity contribution in [3.05, 3.63) is 47.7 Å². The molecular formula is C18H19N3O3S. The minimum absolute atomic E-state index is 0.153. The third kappa shape index (κ3) is 3.52. The SMILES string of the molecule is Cc1cc(C)c2c(-c3ccccc3)nc(S[C@@H](CCO)C(=O)O)n2n1. The van der Waals surface area contributed by atoms with Crippen LogP contribution in [0.5, 0.6) is 0 Å². The van der Waals surface area contributed by atoms with Gasteiger partial charge in [-0.2, -0.15) is 5.10 Å². The van der Waals surface area contributed by atoms with Crippen LogP contribution in [0.15, 0.2) is 41.6 Å². The number of aromatic nitrogens is 3. The monoisotopic (exact) mass is 357 g/mol. The van der Waals surface area contributed by atoms with E-state index in [1.54, 1.807) is 4.52 Å². The Bertz CT molecular complexity index is 909. The van der Waals surface area contributed by atoms with Crippen LogP contribution in [-0.2, 0) is 4.79 Å². The predicted molar refractivity (Wildman–Crippen MR) is 96.9 cm³/mol. The van der Waals surface area contributed by atoms with E-state index in [9.17, 15) is 9.90 Å². The number of imidazole rings is 1. The molecule has 2 heterocycles. The molecule has 7 heteroatoms. The molecule has 0 fully saturated rings. The zero-order valence-electron chi connectivity index (χ0n) is 14.0. The van der Waals surface area contributed by atoms with Crippen LogP contribution in [0.3, 0.4) is 0 Å². The van der Waals surface area contributed by atoms with E-state index in [-0.39, 0.29) is 13.0 Å². The summed E-state index contributed by atoms with van der Waals surface area (Å²) in [7, 11) is 0. The summed E-state index contributed by atoms with van der Waals surface area (Å²) < 4.78 is 1.71. The molecule has 1 atom stereocenters. The number of aliphatic carboxylic acids is 1. The average molecular weight is 357 g/mol. The number of fused-ring (bicyclic) bond motifs is 1. The summed E-state index contributed by atoms with van der Waals surface area (Å²) in [6.45, 7) is 3.70. The van der Waals surface area contributed by atoms with Crippen molar-refractivity contribution >= 4 is 23.2 Å². The van der Waals surface area contributed by atoms with E-state index in [0.717, 1.165) is 39.8 Å². The molecule has 0 saturated carbocycles. The van der Waals surface area contributed by atoms with Crippen molar-refractivity contribution in [1.82, 2.24) is 14.6 Å². The van der Waals surface area contributed by atoms with Crippen molar-refractivity contribution in [2.24, 2.45) is 0 Å². The quantitative estimate of drug-likeness (QED) is 0.660. The molecule has 0 radical (unpaired) electrons. The van der Waals surface area contributed by atoms with Crippen LogP contribution in [0.1, 0.15) is 17.7 Å². The van der Waals surface area contributed by atoms with E-state index in [2.05, 4.69) is 10.1 Å². The molecule has 3 rings (SSSR count). The topological polar surface area (TPSA) is 87.7 Å². The van der Waals surface area contributed by atoms with Crippen molar-refractivity contribution in [2.75, 3.05) is 6.61 Å². The number of hydrogen-bond acceptors (Lipinski definition) is 5. The highest BCUT2D eigenvalue weighted by molar-refractivity contribution is 8.00. The van der Waals surface area contributed by atoms with Gasteiger partial charge in [-0.15, -0.1) is 0 Å². The summed E-state index contributed by atoms with van der Waals surface area (Å²) in [4.78, 5) is 16.1. The first-order valence-electron chi connectivity index (χ1n) is 7.94. The standard InChI is InChI=1S/C18H19N3O3S/c1-11-10-12(2)20-21-16(11)15(13-6-4-3-5-7-13)19-18(21)25-14(8-9-22)17(23)24/h3-7,10,14,22H,8-9H2,1-2H3,(H,23,24)/t14-/m0/s1. The molecule has 0 amide bonds. The van der Waals surface area contributed by atoms with Gasteiger partial charge in [0.25, 0.3) is 0 Å². The Labute approximate surface area is 149 Å². The van der Waals surface area contributed by atoms with Crippen LogP contribution < -0.4 is 0 Å². The summed E-state index contributed by atoms with van der Waals surface area (Å²) in [5, 5.41) is 22.8. The van der Waals surface area contributed by atoms with E-state index in [1.807, 2.05) is 50.2 Å². The van der Waals surface area contributed by atoms with E-state index in [0.29, 0.717) is 5.16 Å². The number of aryl methyl sites for hydroxylation is 2. The lowest BCUT2D eigenvalue weighted by Crippen LogP contribution is -2.18. The number of carboxylic acids is 1. The fraction of sp³-hybridized carbons (Fsp3) is 0.278. The van der Waals surface area contributed by atoms with Crippen LogP contribution in [0.25, 0.3) is 16.8 Å². The number of carbonyl (C=O) groups is 1. The smallest absolute Gasteiger partial charge is 0.317 e. The van der Waals surface area contributed by atoms with Gasteiger partial charge in [-0.05, 0) is 31.9 Å². The van der Waals surface area contributed by atoms with E-state index >= 15 is 0 Å². The third-order valence-electron chi connectivity index (χ3n) is 3.84. The maximum Gasteiger partial charge on any atom is 0.317 e. The van der Waals surface area contributed by atoms with Crippen molar-refractivity contribution in [1.29, 1.82) is 0 Å². The van der Waals surface area contributed by atoms with E-state index in [4.69, 9.17) is 5.11 Å². The Kier molecular flexibility index (Phi) is 5.06. The Hall–Kier alpha value is -2.38. The lowest BCUT2D eigenvalue weighted by molar-refractivity contribution is -0.136. The maximum absolute atomic E-state index is 11.5. The molecule has 25 heavy (non-hydrogen) atoms. The van der Waals surface area contributed by atoms with Crippen LogP contribution in [-0.4, -0.2) is 42.6 Å². The number of hydrogen-bond donors (Lipinski definition) is 2. The molecule has 0 bridgehead atoms. The fourth-order valence-electron chi connectivity index (χ4n) is 2.76. The van der Waals surface area contributed by atoms with Crippen molar-refractivity contribution < 1.29 is 15.0 Å². The second kappa shape index (κ2) is 7.25. The van der Waals surface area contributed by atoms with Gasteiger partial charge < -0.3 is 10.2 Å². The van der Waals surface area contributed by atoms with Gasteiger partial charge >= 0.3 is 5.97 Å². The zero-order chi connectivity index (χ0) is 18.0. The average Bonchev–Trinajstić information content (AvgIpc) is 2.94. The highest BCUT2D eigenvalue weighted by Gasteiger charge is 2.24. The fourth-order valence-corrected chi connectivity index (χ4v) is 3.71. The number of carboxylic acid groups (broad SMARTS) is 1. The number of rotatable bonds is 6. The van der Waals surface area contributed by atoms with E-state index in [1.165, 1.54) is 0 Å². The molecule has 6 nitrogen and oxygen atoms in total. The maximum atomic E-state index is 11.5. The lowest BCUT2D eigenvalue weighted by Gasteiger charge is -2.09. The Morgan fingerprint density at radius 2 is 2.00 bits per heavy atom. The normalized spacial score (nSPS) is 12.4. The summed E-state index contributed by atoms with van der Waals surface area (Å²) >= 11 is 1.11. The largest absolute Gasteiger partial charge is 0.480 e. The zero-order valence-corrected chi connectivity index (χ0v) is 14.8. The van der Waals surface area contributed by atoms with Gasteiger partial charge in [0.05, 0.1) is 16.9 Å². The Morgan fingerprint density at radius 1 is 1.28 bits per heavy atom. The van der Waals surface area contributed by atoms with Gasteiger partial charge in [0.15, 0.2) is 5.16 Å². The van der Waals surface area contributed by atoms with Crippen LogP contribution in [0.2, 0.25) is 0 Å². The third-order valence-corrected chi connectivity index (χ3v) is 5.04. The van der Waals surface area contributed by atoms with Gasteiger partial charge in [-0.25, -0.2) is 9.50 Å². The van der Waals surface area contributed by atoms with Crippen molar-refractivity contribution in [3.8, 4) is 11.3 Å². The minimum Gasteiger partial charge on any atom is -0.480 e. The molecule has 3 aromatic rings. The molecule has 0 aliphatic rings. The first kappa shape index (κ1) is 17.4. The molecule has 130 valence electrons. The Morgan fingerprint density at radius 3 is 2.64 bits per heavy atom. The molecule has 0 aliphatic carbocycles. The molecule has 0 saturated heterocycles. The number of benzene rings is 1. The Balaban J connectivity index is 2.17. The second-order valence-corrected chi connectivity index (χ2v) is 6.97. The molecule has 1 aromatic carbocycles. The predicted octanol–water partition coefficient (Wildman–Crippen LogP) is 2.94. The van der Waals surface area contributed by atoms with Crippen LogP contribution in [0.4, 0.5) is 0 Å². The number of thioether (sulfide) groups is 1. The number of aliphatic hydroxyl groups excluding tert-OH is 1. The van der Waals surface area contributed by atoms with Gasteiger partial charge in [0.1, 0.15) is 5.25 Å². The summed E-state index contributed by atoms with van der Waals surface area (Å²) in [5.74, 6) is -0.971. The summed E-state index contributed by atoms with van der Waals surface area (Å²) in [5.41, 5.74) is 4.46. The number of nitrogens with zero attached hydrogens (tertiary/aromatic N) is 3. The second-order valence-electron chi connectivity index (χ2n) is 5.80. The van der Waals surface area contributed by atoms with E-state index < -0.39 is 11.2 Å². The molecule has 0 spiro atoms. The lowest BCUT2D eigenvalue weighted by atomic mass is 10.1. The minimum atomic E-state index is -0.971. The van der Waals surface area contributed by atoms with Crippen LogP contribution >= 0.6 is 11.8 Å². The molecular weight excluding hydrogens is 338 g/mol. The first-order valence-corrected chi connectivity index (χ1v) is 8.82. The van der Waals surface area contributed by atoms with Gasteiger partial charge in [-0.1, -0.05) is 42.1 Å². The highest BCUT2D eigenvalue weighted by Crippen LogP contribution is 2.33. The van der Waals surface area contributed by atoms with Gasteiger partial charge in [0.2, 0.25) is 0 Å². The molecule has 2 N–H and O–H groups in total.